The van der Waals surface area contributed by atoms with Gasteiger partial charge in [-0.2, -0.15) is 13.2 Å². The second kappa shape index (κ2) is 9.85. The molecular weight excluding hydrogens is 572 g/mol. The quantitative estimate of drug-likeness (QED) is 0.188. The molecule has 6 rings (SSSR count). The Morgan fingerprint density at radius 1 is 0.810 bits per heavy atom. The van der Waals surface area contributed by atoms with Gasteiger partial charge in [0.15, 0.2) is 15.9 Å². The fourth-order valence-electron chi connectivity index (χ4n) is 5.59. The average Bonchev–Trinajstić information content (AvgIpc) is 3.46. The third-order valence-electron chi connectivity index (χ3n) is 8.14. The van der Waals surface area contributed by atoms with E-state index in [4.69, 9.17) is 4.98 Å². The number of thiazole rings is 2. The van der Waals surface area contributed by atoms with Gasteiger partial charge in [0.25, 0.3) is 0 Å². The summed E-state index contributed by atoms with van der Waals surface area (Å²) in [6.07, 6.45) is -2.34. The van der Waals surface area contributed by atoms with Gasteiger partial charge >= 0.3 is 6.18 Å². The van der Waals surface area contributed by atoms with Crippen molar-refractivity contribution in [2.45, 2.75) is 59.6 Å². The van der Waals surface area contributed by atoms with Crippen molar-refractivity contribution in [3.63, 3.8) is 0 Å². The molecule has 216 valence electrons. The van der Waals surface area contributed by atoms with Crippen LogP contribution in [-0.4, -0.2) is 16.1 Å². The molecule has 0 aliphatic heterocycles. The molecule has 0 unspecified atom stereocenters. The number of rotatable bonds is 4. The number of aromatic nitrogens is 3. The Morgan fingerprint density at radius 3 is 2.17 bits per heavy atom. The van der Waals surface area contributed by atoms with E-state index in [-0.39, 0.29) is 11.8 Å². The molecular formula is C34H33F3N3S2+. The Hall–Kier alpha value is -3.36. The molecule has 0 radical (unpaired) electrons. The third kappa shape index (κ3) is 4.88. The zero-order chi connectivity index (χ0) is 30.2. The summed E-state index contributed by atoms with van der Waals surface area (Å²) >= 11 is 2.68. The van der Waals surface area contributed by atoms with Gasteiger partial charge in [-0.05, 0) is 57.8 Å². The summed E-state index contributed by atoms with van der Waals surface area (Å²) < 4.78 is 42.4. The largest absolute Gasteiger partial charge is 0.394 e. The van der Waals surface area contributed by atoms with Crippen molar-refractivity contribution in [2.24, 2.45) is 12.5 Å². The van der Waals surface area contributed by atoms with Crippen molar-refractivity contribution >= 4 is 53.9 Å². The SMILES string of the molecule is Cc1c(-c2c3ccc(-c4nc5sc(CC(C)(C)C(F)(F)F)nc5s4)cc3cc[n+]2C)cc(C(C)(C)C)c2ccccc12. The molecule has 0 spiro atoms. The van der Waals surface area contributed by atoms with Gasteiger partial charge in [0.2, 0.25) is 5.69 Å². The number of halogens is 3. The van der Waals surface area contributed by atoms with Crippen LogP contribution in [0.1, 0.15) is 50.8 Å². The summed E-state index contributed by atoms with van der Waals surface area (Å²) in [5.74, 6) is 0. The number of hydrogen-bond acceptors (Lipinski definition) is 4. The van der Waals surface area contributed by atoms with E-state index in [1.165, 1.54) is 64.0 Å². The Kier molecular flexibility index (Phi) is 6.74. The van der Waals surface area contributed by atoms with Gasteiger partial charge in [-0.15, -0.1) is 0 Å². The van der Waals surface area contributed by atoms with Gasteiger partial charge in [-0.25, -0.2) is 14.5 Å². The van der Waals surface area contributed by atoms with Gasteiger partial charge in [-0.1, -0.05) is 87.6 Å². The van der Waals surface area contributed by atoms with Crippen LogP contribution in [0.2, 0.25) is 0 Å². The molecule has 0 saturated carbocycles. The Labute approximate surface area is 251 Å². The highest BCUT2D eigenvalue weighted by Gasteiger charge is 2.47. The van der Waals surface area contributed by atoms with Gasteiger partial charge in [0.1, 0.15) is 12.1 Å². The molecule has 0 aliphatic rings. The molecule has 42 heavy (non-hydrogen) atoms. The number of fused-ring (bicyclic) bond motifs is 3. The number of benzene rings is 3. The molecule has 8 heteroatoms. The molecule has 6 aromatic rings. The Bertz CT molecular complexity index is 1960. The summed E-state index contributed by atoms with van der Waals surface area (Å²) in [4.78, 5) is 10.7. The van der Waals surface area contributed by atoms with Crippen LogP contribution in [-0.2, 0) is 18.9 Å². The molecule has 0 fully saturated rings. The van der Waals surface area contributed by atoms with Crippen molar-refractivity contribution in [2.75, 3.05) is 0 Å². The Balaban J connectivity index is 1.43. The molecule has 0 amide bonds. The number of alkyl halides is 3. The maximum absolute atomic E-state index is 13.4. The van der Waals surface area contributed by atoms with E-state index < -0.39 is 11.6 Å². The highest BCUT2D eigenvalue weighted by molar-refractivity contribution is 7.28. The van der Waals surface area contributed by atoms with Crippen LogP contribution in [0.3, 0.4) is 0 Å². The van der Waals surface area contributed by atoms with E-state index in [0.29, 0.717) is 14.7 Å². The standard InChI is InChI=1S/C34H33F3N3S2/c1-19-22-10-8-9-11-24(22)26(32(2,3)4)17-25(19)28-23-13-12-21(16-20(23)14-15-40(28)7)29-39-31-30(42-29)38-27(41-31)18-33(5,6)34(35,36)37/h8-17H,18H2,1-7H3/q+1. The molecule has 0 saturated heterocycles. The van der Waals surface area contributed by atoms with E-state index in [0.717, 1.165) is 27.0 Å². The van der Waals surface area contributed by atoms with Crippen LogP contribution in [0.4, 0.5) is 13.2 Å². The van der Waals surface area contributed by atoms with Crippen molar-refractivity contribution < 1.29 is 17.7 Å². The minimum absolute atomic E-state index is 0.0214. The summed E-state index contributed by atoms with van der Waals surface area (Å²) in [5, 5.41) is 6.09. The Morgan fingerprint density at radius 2 is 1.50 bits per heavy atom. The number of hydrogen-bond donors (Lipinski definition) is 0. The molecule has 3 heterocycles. The van der Waals surface area contributed by atoms with Crippen LogP contribution in [0.15, 0.2) is 60.8 Å². The van der Waals surface area contributed by atoms with Crippen LogP contribution in [0, 0.1) is 12.3 Å². The normalized spacial score (nSPS) is 13.1. The lowest BCUT2D eigenvalue weighted by atomic mass is 9.80. The third-order valence-corrected chi connectivity index (χ3v) is 10.2. The molecule has 0 N–H and O–H groups in total. The van der Waals surface area contributed by atoms with Crippen molar-refractivity contribution in [3.8, 4) is 21.8 Å². The maximum Gasteiger partial charge on any atom is 0.394 e. The van der Waals surface area contributed by atoms with Crippen molar-refractivity contribution in [3.05, 3.63) is 76.9 Å². The van der Waals surface area contributed by atoms with Crippen LogP contribution >= 0.6 is 22.7 Å². The monoisotopic (exact) mass is 604 g/mol. The topological polar surface area (TPSA) is 29.7 Å². The number of pyridine rings is 1. The first kappa shape index (κ1) is 28.7. The highest BCUT2D eigenvalue weighted by atomic mass is 32.1. The second-order valence-electron chi connectivity index (χ2n) is 12.8. The second-order valence-corrected chi connectivity index (χ2v) is 14.8. The minimum Gasteiger partial charge on any atom is -0.228 e. The van der Waals surface area contributed by atoms with Crippen LogP contribution < -0.4 is 4.57 Å². The lowest BCUT2D eigenvalue weighted by Gasteiger charge is -2.26. The highest BCUT2D eigenvalue weighted by Crippen LogP contribution is 2.43. The summed E-state index contributed by atoms with van der Waals surface area (Å²) in [5.41, 5.74) is 4.06. The first-order valence-corrected chi connectivity index (χ1v) is 15.6. The summed E-state index contributed by atoms with van der Waals surface area (Å²) in [6.45, 7) is 11.4. The summed E-state index contributed by atoms with van der Waals surface area (Å²) in [6, 6.07) is 19.5. The van der Waals surface area contributed by atoms with E-state index in [1.807, 2.05) is 0 Å². The van der Waals surface area contributed by atoms with Crippen LogP contribution in [0.5, 0.6) is 0 Å². The molecule has 3 aromatic carbocycles. The van der Waals surface area contributed by atoms with E-state index in [9.17, 15) is 13.2 Å². The van der Waals surface area contributed by atoms with Gasteiger partial charge < -0.3 is 0 Å². The fourth-order valence-corrected chi connectivity index (χ4v) is 7.87. The lowest BCUT2D eigenvalue weighted by Crippen LogP contribution is -2.34. The lowest BCUT2D eigenvalue weighted by molar-refractivity contribution is -0.659. The first-order chi connectivity index (χ1) is 19.6. The molecule has 0 atom stereocenters. The minimum atomic E-state index is -4.29. The van der Waals surface area contributed by atoms with Crippen molar-refractivity contribution in [1.82, 2.24) is 9.97 Å². The van der Waals surface area contributed by atoms with Gasteiger partial charge in [0, 0.05) is 18.1 Å². The number of aryl methyl sites for hydroxylation is 2. The van der Waals surface area contributed by atoms with Gasteiger partial charge in [0.05, 0.1) is 21.4 Å². The fraction of sp³-hybridized carbons (Fsp3) is 0.324. The molecule has 3 aromatic heterocycles. The molecule has 0 aliphatic carbocycles. The maximum atomic E-state index is 13.4. The van der Waals surface area contributed by atoms with E-state index >= 15 is 0 Å². The first-order valence-electron chi connectivity index (χ1n) is 13.9. The average molecular weight is 605 g/mol. The van der Waals surface area contributed by atoms with E-state index in [1.54, 1.807) is 0 Å². The number of nitrogens with zero attached hydrogens (tertiary/aromatic N) is 3. The van der Waals surface area contributed by atoms with Gasteiger partial charge in [-0.3, -0.25) is 0 Å². The summed E-state index contributed by atoms with van der Waals surface area (Å²) in [7, 11) is 2.09. The molecule has 3 nitrogen and oxygen atoms in total. The van der Waals surface area contributed by atoms with E-state index in [2.05, 4.69) is 105 Å². The molecule has 0 bridgehead atoms. The van der Waals surface area contributed by atoms with Crippen LogP contribution in [0.25, 0.3) is 53.0 Å². The zero-order valence-electron chi connectivity index (χ0n) is 24.8. The predicted octanol–water partition coefficient (Wildman–Crippen LogP) is 9.95. The predicted molar refractivity (Wildman–Crippen MR) is 169 cm³/mol. The van der Waals surface area contributed by atoms with Crippen molar-refractivity contribution in [1.29, 1.82) is 0 Å². The zero-order valence-corrected chi connectivity index (χ0v) is 26.4. The smallest absolute Gasteiger partial charge is 0.228 e.